The summed E-state index contributed by atoms with van der Waals surface area (Å²) in [5, 5.41) is 2.70. The fourth-order valence-corrected chi connectivity index (χ4v) is 1.34. The second kappa shape index (κ2) is 5.22. The zero-order valence-electron chi connectivity index (χ0n) is 9.92. The maximum Gasteiger partial charge on any atom is 0.270 e. The van der Waals surface area contributed by atoms with Crippen molar-refractivity contribution in [1.29, 1.82) is 0 Å². The minimum absolute atomic E-state index is 0.287. The number of carbonyl (C=O) groups is 1. The van der Waals surface area contributed by atoms with E-state index in [-0.39, 0.29) is 11.6 Å². The number of nitrogen functional groups attached to an aromatic ring is 1. The number of amides is 1. The summed E-state index contributed by atoms with van der Waals surface area (Å²) < 4.78 is 0. The number of anilines is 1. The Labute approximate surface area is 104 Å². The van der Waals surface area contributed by atoms with Gasteiger partial charge in [0.2, 0.25) is 0 Å². The number of carbonyl (C=O) groups excluding carboxylic acids is 1. The lowest BCUT2D eigenvalue weighted by molar-refractivity contribution is 0.0945. The van der Waals surface area contributed by atoms with E-state index in [0.29, 0.717) is 17.9 Å². The Kier molecular flexibility index (Phi) is 3.47. The van der Waals surface area contributed by atoms with E-state index in [1.54, 1.807) is 18.5 Å². The predicted octanol–water partition coefficient (Wildman–Crippen LogP) is 0.692. The molecule has 0 aliphatic heterocycles. The number of nitrogens with one attached hydrogen (secondary N) is 1. The van der Waals surface area contributed by atoms with Crippen LogP contribution in [0.2, 0.25) is 0 Å². The molecule has 0 aliphatic carbocycles. The van der Waals surface area contributed by atoms with Gasteiger partial charge in [0.1, 0.15) is 5.69 Å². The van der Waals surface area contributed by atoms with Gasteiger partial charge >= 0.3 is 0 Å². The van der Waals surface area contributed by atoms with E-state index in [9.17, 15) is 4.79 Å². The van der Waals surface area contributed by atoms with Crippen LogP contribution in [0.4, 0.5) is 5.69 Å². The normalized spacial score (nSPS) is 10.1. The van der Waals surface area contributed by atoms with Gasteiger partial charge in [-0.2, -0.15) is 0 Å². The molecule has 2 aromatic heterocycles. The largest absolute Gasteiger partial charge is 0.399 e. The van der Waals surface area contributed by atoms with Crippen molar-refractivity contribution in [2.45, 2.75) is 13.5 Å². The molecular formula is C12H13N5O. The highest BCUT2D eigenvalue weighted by Gasteiger charge is 2.07. The fourth-order valence-electron chi connectivity index (χ4n) is 1.34. The molecule has 0 radical (unpaired) electrons. The van der Waals surface area contributed by atoms with Gasteiger partial charge < -0.3 is 11.1 Å². The van der Waals surface area contributed by atoms with Gasteiger partial charge in [0.15, 0.2) is 0 Å². The Balaban J connectivity index is 1.98. The van der Waals surface area contributed by atoms with Gasteiger partial charge in [-0.3, -0.25) is 19.7 Å². The van der Waals surface area contributed by atoms with Crippen LogP contribution in [0, 0.1) is 6.92 Å². The summed E-state index contributed by atoms with van der Waals surface area (Å²) in [6, 6.07) is 3.15. The van der Waals surface area contributed by atoms with E-state index in [2.05, 4.69) is 20.3 Å². The van der Waals surface area contributed by atoms with Crippen LogP contribution in [0.1, 0.15) is 21.9 Å². The minimum Gasteiger partial charge on any atom is -0.399 e. The van der Waals surface area contributed by atoms with Crippen LogP contribution in [-0.4, -0.2) is 20.9 Å². The zero-order chi connectivity index (χ0) is 13.0. The molecule has 2 aromatic rings. The Morgan fingerprint density at radius 3 is 2.83 bits per heavy atom. The second-order valence-electron chi connectivity index (χ2n) is 3.81. The summed E-state index contributed by atoms with van der Waals surface area (Å²) in [7, 11) is 0. The van der Waals surface area contributed by atoms with E-state index in [0.717, 1.165) is 5.69 Å². The molecule has 0 saturated carbocycles. The highest BCUT2D eigenvalue weighted by atomic mass is 16.1. The van der Waals surface area contributed by atoms with Crippen LogP contribution in [0.15, 0.2) is 30.7 Å². The monoisotopic (exact) mass is 243 g/mol. The second-order valence-corrected chi connectivity index (χ2v) is 3.81. The first-order chi connectivity index (χ1) is 8.65. The average Bonchev–Trinajstić information content (AvgIpc) is 2.38. The number of pyridine rings is 1. The fraction of sp³-hybridized carbons (Fsp3) is 0.167. The highest BCUT2D eigenvalue weighted by Crippen LogP contribution is 2.03. The molecule has 0 bridgehead atoms. The molecular weight excluding hydrogens is 230 g/mol. The minimum atomic E-state index is -0.287. The van der Waals surface area contributed by atoms with Crippen molar-refractivity contribution in [3.63, 3.8) is 0 Å². The first-order valence-electron chi connectivity index (χ1n) is 5.42. The summed E-state index contributed by atoms with van der Waals surface area (Å²) in [5.41, 5.74) is 7.90. The molecule has 0 unspecified atom stereocenters. The first kappa shape index (κ1) is 12.0. The van der Waals surface area contributed by atoms with Crippen molar-refractivity contribution >= 4 is 11.6 Å². The van der Waals surface area contributed by atoms with Crippen LogP contribution < -0.4 is 11.1 Å². The third kappa shape index (κ3) is 3.00. The van der Waals surface area contributed by atoms with Crippen molar-refractivity contribution < 1.29 is 4.79 Å². The molecule has 6 heteroatoms. The highest BCUT2D eigenvalue weighted by molar-refractivity contribution is 5.92. The van der Waals surface area contributed by atoms with E-state index >= 15 is 0 Å². The predicted molar refractivity (Wildman–Crippen MR) is 66.6 cm³/mol. The van der Waals surface area contributed by atoms with Crippen molar-refractivity contribution in [3.05, 3.63) is 47.8 Å². The van der Waals surface area contributed by atoms with Crippen molar-refractivity contribution in [2.75, 3.05) is 5.73 Å². The molecule has 3 N–H and O–H groups in total. The maximum absolute atomic E-state index is 11.8. The SMILES string of the molecule is Cc1cnc(CNC(=O)c2cc(N)ccn2)cn1. The Hall–Kier alpha value is -2.50. The molecule has 0 aromatic carbocycles. The van der Waals surface area contributed by atoms with Crippen LogP contribution in [-0.2, 0) is 6.54 Å². The molecule has 0 fully saturated rings. The third-order valence-corrected chi connectivity index (χ3v) is 2.28. The molecule has 92 valence electrons. The quantitative estimate of drug-likeness (QED) is 0.827. The van der Waals surface area contributed by atoms with Crippen LogP contribution in [0.3, 0.4) is 0 Å². The van der Waals surface area contributed by atoms with Gasteiger partial charge in [-0.15, -0.1) is 0 Å². The summed E-state index contributed by atoms with van der Waals surface area (Å²) >= 11 is 0. The standard InChI is InChI=1S/C12H13N5O/c1-8-5-16-10(6-15-8)7-17-12(18)11-4-9(13)2-3-14-11/h2-6H,7H2,1H3,(H2,13,14)(H,17,18). The van der Waals surface area contributed by atoms with Gasteiger partial charge in [0.25, 0.3) is 5.91 Å². The lowest BCUT2D eigenvalue weighted by Gasteiger charge is -2.04. The summed E-state index contributed by atoms with van der Waals surface area (Å²) in [6.07, 6.45) is 4.78. The third-order valence-electron chi connectivity index (χ3n) is 2.28. The summed E-state index contributed by atoms with van der Waals surface area (Å²) in [5.74, 6) is -0.287. The number of nitrogens with zero attached hydrogens (tertiary/aromatic N) is 3. The summed E-state index contributed by atoms with van der Waals surface area (Å²) in [6.45, 7) is 2.16. The Morgan fingerprint density at radius 2 is 2.17 bits per heavy atom. The van der Waals surface area contributed by atoms with Crippen molar-refractivity contribution in [1.82, 2.24) is 20.3 Å². The molecule has 18 heavy (non-hydrogen) atoms. The number of nitrogens with two attached hydrogens (primary N) is 1. The number of aryl methyl sites for hydroxylation is 1. The lowest BCUT2D eigenvalue weighted by atomic mass is 10.3. The van der Waals surface area contributed by atoms with Crippen LogP contribution >= 0.6 is 0 Å². The van der Waals surface area contributed by atoms with E-state index in [4.69, 9.17) is 5.73 Å². The van der Waals surface area contributed by atoms with Gasteiger partial charge in [-0.25, -0.2) is 0 Å². The summed E-state index contributed by atoms with van der Waals surface area (Å²) in [4.78, 5) is 23.9. The van der Waals surface area contributed by atoms with E-state index in [1.807, 2.05) is 6.92 Å². The number of hydrogen-bond acceptors (Lipinski definition) is 5. The average molecular weight is 243 g/mol. The molecule has 0 atom stereocenters. The Morgan fingerprint density at radius 1 is 1.33 bits per heavy atom. The van der Waals surface area contributed by atoms with Gasteiger partial charge in [0, 0.05) is 18.1 Å². The smallest absolute Gasteiger partial charge is 0.270 e. The molecule has 0 saturated heterocycles. The van der Waals surface area contributed by atoms with Crippen molar-refractivity contribution in [3.8, 4) is 0 Å². The number of rotatable bonds is 3. The Bertz CT molecular complexity index is 553. The van der Waals surface area contributed by atoms with Crippen molar-refractivity contribution in [2.24, 2.45) is 0 Å². The van der Waals surface area contributed by atoms with Crippen LogP contribution in [0.25, 0.3) is 0 Å². The molecule has 2 heterocycles. The maximum atomic E-state index is 11.8. The van der Waals surface area contributed by atoms with Gasteiger partial charge in [-0.1, -0.05) is 0 Å². The lowest BCUT2D eigenvalue weighted by Crippen LogP contribution is -2.24. The molecule has 1 amide bonds. The molecule has 6 nitrogen and oxygen atoms in total. The first-order valence-corrected chi connectivity index (χ1v) is 5.42. The molecule has 2 rings (SSSR count). The van der Waals surface area contributed by atoms with Gasteiger partial charge in [-0.05, 0) is 19.1 Å². The van der Waals surface area contributed by atoms with Crippen LogP contribution in [0.5, 0.6) is 0 Å². The molecule has 0 spiro atoms. The number of aromatic nitrogens is 3. The number of hydrogen-bond donors (Lipinski definition) is 2. The van der Waals surface area contributed by atoms with E-state index in [1.165, 1.54) is 12.3 Å². The molecule has 0 aliphatic rings. The topological polar surface area (TPSA) is 93.8 Å². The zero-order valence-corrected chi connectivity index (χ0v) is 9.92. The van der Waals surface area contributed by atoms with E-state index < -0.39 is 0 Å². The van der Waals surface area contributed by atoms with Gasteiger partial charge in [0.05, 0.1) is 24.1 Å².